The second kappa shape index (κ2) is 5.79. The molecular weight excluding hydrogens is 306 g/mol. The van der Waals surface area contributed by atoms with Crippen molar-refractivity contribution in [1.82, 2.24) is 19.7 Å². The average molecular weight is 324 g/mol. The smallest absolute Gasteiger partial charge is 0.0766 e. The molecule has 19 heavy (non-hydrogen) atoms. The molecule has 0 saturated carbocycles. The molecule has 5 nitrogen and oxygen atoms in total. The van der Waals surface area contributed by atoms with Gasteiger partial charge in [0.2, 0.25) is 0 Å². The van der Waals surface area contributed by atoms with Gasteiger partial charge in [-0.1, -0.05) is 6.92 Å². The van der Waals surface area contributed by atoms with Crippen LogP contribution in [0.1, 0.15) is 35.7 Å². The van der Waals surface area contributed by atoms with E-state index in [1.165, 1.54) is 0 Å². The highest BCUT2D eigenvalue weighted by molar-refractivity contribution is 9.10. The maximum Gasteiger partial charge on any atom is 0.0766 e. The third-order valence-electron chi connectivity index (χ3n) is 3.10. The van der Waals surface area contributed by atoms with Gasteiger partial charge in [0.25, 0.3) is 0 Å². The van der Waals surface area contributed by atoms with E-state index >= 15 is 0 Å². The average Bonchev–Trinajstić information content (AvgIpc) is 2.67. The molecule has 2 N–H and O–H groups in total. The Morgan fingerprint density at radius 1 is 1.37 bits per heavy atom. The van der Waals surface area contributed by atoms with Gasteiger partial charge in [-0.2, -0.15) is 5.10 Å². The normalized spacial score (nSPS) is 12.7. The lowest BCUT2D eigenvalue weighted by Crippen LogP contribution is -2.17. The highest BCUT2D eigenvalue weighted by Crippen LogP contribution is 2.25. The lowest BCUT2D eigenvalue weighted by atomic mass is 10.1. The molecule has 0 aliphatic rings. The van der Waals surface area contributed by atoms with Gasteiger partial charge < -0.3 is 5.73 Å². The molecular formula is C13H18BrN5. The van der Waals surface area contributed by atoms with Crippen molar-refractivity contribution in [3.63, 3.8) is 0 Å². The predicted molar refractivity (Wildman–Crippen MR) is 77.7 cm³/mol. The van der Waals surface area contributed by atoms with E-state index in [0.717, 1.165) is 33.7 Å². The monoisotopic (exact) mass is 323 g/mol. The van der Waals surface area contributed by atoms with Crippen LogP contribution in [0.2, 0.25) is 0 Å². The maximum atomic E-state index is 6.20. The number of rotatable bonds is 4. The van der Waals surface area contributed by atoms with Crippen molar-refractivity contribution in [2.75, 3.05) is 0 Å². The molecule has 1 unspecified atom stereocenters. The molecule has 1 atom stereocenters. The number of aromatic nitrogens is 4. The van der Waals surface area contributed by atoms with Crippen LogP contribution in [0.4, 0.5) is 0 Å². The summed E-state index contributed by atoms with van der Waals surface area (Å²) in [6, 6.07) is -0.176. The van der Waals surface area contributed by atoms with E-state index < -0.39 is 0 Å². The quantitative estimate of drug-likeness (QED) is 0.935. The first kappa shape index (κ1) is 14.1. The largest absolute Gasteiger partial charge is 0.322 e. The summed E-state index contributed by atoms with van der Waals surface area (Å²) < 4.78 is 2.93. The Labute approximate surface area is 121 Å². The van der Waals surface area contributed by atoms with Gasteiger partial charge >= 0.3 is 0 Å². The van der Waals surface area contributed by atoms with E-state index in [0.29, 0.717) is 6.42 Å². The standard InChI is InChI=1S/C13H18BrN5/c1-4-10-13(14)12(19(3)18-10)5-9(15)11-7-16-8(2)6-17-11/h6-7,9H,4-5,15H2,1-3H3. The van der Waals surface area contributed by atoms with Crippen LogP contribution < -0.4 is 5.73 Å². The van der Waals surface area contributed by atoms with E-state index in [-0.39, 0.29) is 6.04 Å². The van der Waals surface area contributed by atoms with E-state index in [2.05, 4.69) is 37.9 Å². The summed E-state index contributed by atoms with van der Waals surface area (Å²) in [6.45, 7) is 4.00. The fourth-order valence-electron chi connectivity index (χ4n) is 1.95. The van der Waals surface area contributed by atoms with E-state index in [4.69, 9.17) is 5.73 Å². The molecule has 0 aliphatic carbocycles. The number of hydrogen-bond donors (Lipinski definition) is 1. The van der Waals surface area contributed by atoms with Crippen LogP contribution >= 0.6 is 15.9 Å². The summed E-state index contributed by atoms with van der Waals surface area (Å²) in [7, 11) is 1.94. The van der Waals surface area contributed by atoms with Crippen molar-refractivity contribution in [1.29, 1.82) is 0 Å². The minimum atomic E-state index is -0.176. The minimum Gasteiger partial charge on any atom is -0.322 e. The van der Waals surface area contributed by atoms with Crippen LogP contribution in [0.3, 0.4) is 0 Å². The first-order valence-electron chi connectivity index (χ1n) is 6.27. The summed E-state index contributed by atoms with van der Waals surface area (Å²) >= 11 is 3.60. The molecule has 0 bridgehead atoms. The van der Waals surface area contributed by atoms with Crippen LogP contribution in [-0.2, 0) is 19.9 Å². The fourth-order valence-corrected chi connectivity index (χ4v) is 2.73. The summed E-state index contributed by atoms with van der Waals surface area (Å²) in [4.78, 5) is 8.56. The minimum absolute atomic E-state index is 0.176. The predicted octanol–water partition coefficient (Wildman–Crippen LogP) is 2.09. The van der Waals surface area contributed by atoms with Crippen molar-refractivity contribution in [2.24, 2.45) is 12.8 Å². The zero-order valence-corrected chi connectivity index (χ0v) is 13.0. The Bertz CT molecular complexity index is 561. The van der Waals surface area contributed by atoms with Crippen LogP contribution in [0.5, 0.6) is 0 Å². The molecule has 0 aliphatic heterocycles. The van der Waals surface area contributed by atoms with Gasteiger partial charge in [-0.3, -0.25) is 14.6 Å². The van der Waals surface area contributed by atoms with Crippen LogP contribution in [0.25, 0.3) is 0 Å². The summed E-state index contributed by atoms with van der Waals surface area (Å²) in [5.74, 6) is 0. The summed E-state index contributed by atoms with van der Waals surface area (Å²) in [5.41, 5.74) is 10.0. The third-order valence-corrected chi connectivity index (χ3v) is 4.01. The topological polar surface area (TPSA) is 69.6 Å². The first-order chi connectivity index (χ1) is 9.02. The SMILES string of the molecule is CCc1nn(C)c(CC(N)c2cnc(C)cn2)c1Br. The second-order valence-corrected chi connectivity index (χ2v) is 5.37. The Kier molecular flexibility index (Phi) is 4.31. The van der Waals surface area contributed by atoms with E-state index in [9.17, 15) is 0 Å². The fraction of sp³-hybridized carbons (Fsp3) is 0.462. The van der Waals surface area contributed by atoms with Crippen molar-refractivity contribution in [3.8, 4) is 0 Å². The van der Waals surface area contributed by atoms with Crippen molar-refractivity contribution in [3.05, 3.63) is 39.6 Å². The van der Waals surface area contributed by atoms with Crippen molar-refractivity contribution < 1.29 is 0 Å². The Balaban J connectivity index is 2.21. The molecule has 0 amide bonds. The Morgan fingerprint density at radius 3 is 2.63 bits per heavy atom. The third kappa shape index (κ3) is 3.01. The summed E-state index contributed by atoms with van der Waals surface area (Å²) in [6.07, 6.45) is 5.06. The number of nitrogens with zero attached hydrogens (tertiary/aromatic N) is 4. The molecule has 2 aromatic heterocycles. The van der Waals surface area contributed by atoms with Crippen molar-refractivity contribution >= 4 is 15.9 Å². The molecule has 102 valence electrons. The molecule has 0 spiro atoms. The number of nitrogens with two attached hydrogens (primary N) is 1. The van der Waals surface area contributed by atoms with Crippen molar-refractivity contribution in [2.45, 2.75) is 32.7 Å². The lowest BCUT2D eigenvalue weighted by molar-refractivity contribution is 0.623. The lowest BCUT2D eigenvalue weighted by Gasteiger charge is -2.11. The van der Waals surface area contributed by atoms with Crippen LogP contribution in [0, 0.1) is 6.92 Å². The van der Waals surface area contributed by atoms with Crippen LogP contribution in [0.15, 0.2) is 16.9 Å². The second-order valence-electron chi connectivity index (χ2n) is 4.58. The zero-order chi connectivity index (χ0) is 14.0. The number of aryl methyl sites for hydroxylation is 3. The highest BCUT2D eigenvalue weighted by atomic mass is 79.9. The molecule has 0 radical (unpaired) electrons. The van der Waals surface area contributed by atoms with Gasteiger partial charge in [0.05, 0.1) is 39.5 Å². The van der Waals surface area contributed by atoms with Gasteiger partial charge in [0.1, 0.15) is 0 Å². The molecule has 2 heterocycles. The van der Waals surface area contributed by atoms with Gasteiger partial charge in [-0.25, -0.2) is 0 Å². The molecule has 0 saturated heterocycles. The number of hydrogen-bond acceptors (Lipinski definition) is 4. The maximum absolute atomic E-state index is 6.20. The highest BCUT2D eigenvalue weighted by Gasteiger charge is 2.17. The van der Waals surface area contributed by atoms with E-state index in [1.54, 1.807) is 12.4 Å². The van der Waals surface area contributed by atoms with Gasteiger partial charge in [-0.05, 0) is 29.3 Å². The molecule has 0 fully saturated rings. The van der Waals surface area contributed by atoms with Crippen LogP contribution in [-0.4, -0.2) is 19.7 Å². The molecule has 2 aromatic rings. The Morgan fingerprint density at radius 2 is 2.11 bits per heavy atom. The van der Waals surface area contributed by atoms with Gasteiger partial charge in [0.15, 0.2) is 0 Å². The molecule has 2 rings (SSSR count). The summed E-state index contributed by atoms with van der Waals surface area (Å²) in [5, 5.41) is 4.47. The first-order valence-corrected chi connectivity index (χ1v) is 7.06. The van der Waals surface area contributed by atoms with E-state index in [1.807, 2.05) is 18.7 Å². The zero-order valence-electron chi connectivity index (χ0n) is 11.4. The van der Waals surface area contributed by atoms with Gasteiger partial charge in [0, 0.05) is 19.7 Å². The molecule has 6 heteroatoms. The molecule has 0 aromatic carbocycles. The number of halogens is 1. The van der Waals surface area contributed by atoms with Gasteiger partial charge in [-0.15, -0.1) is 0 Å². The Hall–Kier alpha value is -1.27.